The highest BCUT2D eigenvalue weighted by Gasteiger charge is 2.31. The quantitative estimate of drug-likeness (QED) is 0.343. The maximum Gasteiger partial charge on any atom is 0.497 e. The Hall–Kier alpha value is 0.0569. The van der Waals surface area contributed by atoms with Crippen LogP contribution in [0.25, 0.3) is 0 Å². The van der Waals surface area contributed by atoms with Gasteiger partial charge in [-0.1, -0.05) is 57.8 Å². The SMILES string of the molecule is CO[Si](C)(OC)OCCCCCCCCCCCCCN. The van der Waals surface area contributed by atoms with Gasteiger partial charge in [0.1, 0.15) is 0 Å². The van der Waals surface area contributed by atoms with Crippen LogP contribution in [0, 0.1) is 0 Å². The average Bonchev–Trinajstić information content (AvgIpc) is 2.51. The van der Waals surface area contributed by atoms with Crippen molar-refractivity contribution in [3.05, 3.63) is 0 Å². The van der Waals surface area contributed by atoms with Gasteiger partial charge in [0.2, 0.25) is 0 Å². The molecule has 0 saturated heterocycles. The first-order valence-corrected chi connectivity index (χ1v) is 10.9. The molecule has 0 fully saturated rings. The van der Waals surface area contributed by atoms with Gasteiger partial charge in [0.05, 0.1) is 0 Å². The van der Waals surface area contributed by atoms with Crippen molar-refractivity contribution >= 4 is 8.80 Å². The molecule has 21 heavy (non-hydrogen) atoms. The second kappa shape index (κ2) is 15.0. The molecule has 0 radical (unpaired) electrons. The van der Waals surface area contributed by atoms with E-state index in [2.05, 4.69) is 0 Å². The highest BCUT2D eigenvalue weighted by atomic mass is 28.4. The Morgan fingerprint density at radius 3 is 1.43 bits per heavy atom. The molecule has 0 bridgehead atoms. The van der Waals surface area contributed by atoms with Crippen LogP contribution in [0.15, 0.2) is 0 Å². The minimum atomic E-state index is -2.31. The molecule has 0 heterocycles. The van der Waals surface area contributed by atoms with Crippen LogP contribution in [0.2, 0.25) is 6.55 Å². The van der Waals surface area contributed by atoms with Crippen LogP contribution in [0.4, 0.5) is 0 Å². The maximum absolute atomic E-state index is 5.71. The molecular formula is C16H37NO3Si. The van der Waals surface area contributed by atoms with Crippen molar-refractivity contribution in [1.82, 2.24) is 0 Å². The van der Waals surface area contributed by atoms with E-state index in [0.717, 1.165) is 19.6 Å². The second-order valence-electron chi connectivity index (χ2n) is 5.80. The molecule has 0 unspecified atom stereocenters. The van der Waals surface area contributed by atoms with Crippen molar-refractivity contribution in [3.8, 4) is 0 Å². The lowest BCUT2D eigenvalue weighted by atomic mass is 10.1. The monoisotopic (exact) mass is 319 g/mol. The molecule has 5 heteroatoms. The second-order valence-corrected chi connectivity index (χ2v) is 8.63. The molecule has 0 aliphatic heterocycles. The summed E-state index contributed by atoms with van der Waals surface area (Å²) in [6, 6.07) is 0. The molecule has 0 aromatic heterocycles. The fourth-order valence-electron chi connectivity index (χ4n) is 2.30. The molecule has 128 valence electrons. The van der Waals surface area contributed by atoms with Crippen LogP contribution in [0.1, 0.15) is 70.6 Å². The Morgan fingerprint density at radius 1 is 0.667 bits per heavy atom. The zero-order chi connectivity index (χ0) is 15.8. The van der Waals surface area contributed by atoms with Crippen molar-refractivity contribution in [1.29, 1.82) is 0 Å². The number of hydrogen-bond acceptors (Lipinski definition) is 4. The van der Waals surface area contributed by atoms with Crippen molar-refractivity contribution in [2.24, 2.45) is 5.73 Å². The average molecular weight is 320 g/mol. The van der Waals surface area contributed by atoms with E-state index >= 15 is 0 Å². The zero-order valence-electron chi connectivity index (χ0n) is 14.5. The molecular weight excluding hydrogens is 282 g/mol. The molecule has 0 aromatic rings. The highest BCUT2D eigenvalue weighted by molar-refractivity contribution is 6.59. The van der Waals surface area contributed by atoms with E-state index < -0.39 is 8.80 Å². The van der Waals surface area contributed by atoms with Gasteiger partial charge in [0, 0.05) is 27.4 Å². The first-order valence-electron chi connectivity index (χ1n) is 8.63. The van der Waals surface area contributed by atoms with E-state index in [1.54, 1.807) is 14.2 Å². The van der Waals surface area contributed by atoms with Gasteiger partial charge in [-0.15, -0.1) is 0 Å². The van der Waals surface area contributed by atoms with Gasteiger partial charge in [0.15, 0.2) is 0 Å². The molecule has 0 spiro atoms. The van der Waals surface area contributed by atoms with Gasteiger partial charge < -0.3 is 19.0 Å². The van der Waals surface area contributed by atoms with Crippen molar-refractivity contribution in [2.75, 3.05) is 27.4 Å². The molecule has 0 aliphatic rings. The summed E-state index contributed by atoms with van der Waals surface area (Å²) >= 11 is 0. The summed E-state index contributed by atoms with van der Waals surface area (Å²) in [6.45, 7) is 3.53. The third-order valence-electron chi connectivity index (χ3n) is 3.95. The van der Waals surface area contributed by atoms with Gasteiger partial charge in [-0.3, -0.25) is 0 Å². The minimum Gasteiger partial charge on any atom is -0.377 e. The van der Waals surface area contributed by atoms with E-state index in [1.165, 1.54) is 64.2 Å². The summed E-state index contributed by atoms with van der Waals surface area (Å²) in [5.41, 5.74) is 5.48. The third kappa shape index (κ3) is 13.4. The van der Waals surface area contributed by atoms with Gasteiger partial charge >= 0.3 is 8.80 Å². The van der Waals surface area contributed by atoms with E-state index in [4.69, 9.17) is 19.0 Å². The van der Waals surface area contributed by atoms with Gasteiger partial charge in [-0.2, -0.15) is 0 Å². The fraction of sp³-hybridized carbons (Fsp3) is 1.00. The minimum absolute atomic E-state index is 0.756. The van der Waals surface area contributed by atoms with Crippen LogP contribution >= 0.6 is 0 Å². The Bertz CT molecular complexity index is 214. The highest BCUT2D eigenvalue weighted by Crippen LogP contribution is 2.12. The molecule has 0 aliphatic carbocycles. The number of nitrogens with two attached hydrogens (primary N) is 1. The van der Waals surface area contributed by atoms with E-state index in [1.807, 2.05) is 6.55 Å². The zero-order valence-corrected chi connectivity index (χ0v) is 15.5. The lowest BCUT2D eigenvalue weighted by Gasteiger charge is -2.21. The predicted molar refractivity (Wildman–Crippen MR) is 91.4 cm³/mol. The molecule has 0 aromatic carbocycles. The first-order chi connectivity index (χ1) is 10.2. The Kier molecular flexibility index (Phi) is 15.0. The lowest BCUT2D eigenvalue weighted by molar-refractivity contribution is 0.104. The molecule has 0 rings (SSSR count). The van der Waals surface area contributed by atoms with E-state index in [9.17, 15) is 0 Å². The standard InChI is InChI=1S/C16H37NO3Si/c1-18-21(3,19-2)20-16-14-12-10-8-6-4-5-7-9-11-13-15-17/h4-17H2,1-3H3. The van der Waals surface area contributed by atoms with Crippen molar-refractivity contribution < 1.29 is 13.3 Å². The molecule has 0 atom stereocenters. The summed E-state index contributed by atoms with van der Waals surface area (Å²) < 4.78 is 16.3. The fourth-order valence-corrected chi connectivity index (χ4v) is 3.21. The lowest BCUT2D eigenvalue weighted by Crippen LogP contribution is -2.40. The topological polar surface area (TPSA) is 53.7 Å². The van der Waals surface area contributed by atoms with Crippen LogP contribution in [0.5, 0.6) is 0 Å². The predicted octanol–water partition coefficient (Wildman–Crippen LogP) is 4.11. The summed E-state index contributed by atoms with van der Waals surface area (Å²) in [4.78, 5) is 0. The first kappa shape index (κ1) is 21.1. The normalized spacial score (nSPS) is 12.0. The molecule has 2 N–H and O–H groups in total. The number of hydrogen-bond donors (Lipinski definition) is 1. The Balaban J connectivity index is 3.16. The van der Waals surface area contributed by atoms with Gasteiger partial charge in [-0.05, 0) is 19.4 Å². The maximum atomic E-state index is 5.71. The Morgan fingerprint density at radius 2 is 1.05 bits per heavy atom. The largest absolute Gasteiger partial charge is 0.497 e. The Labute approximate surface area is 133 Å². The smallest absolute Gasteiger partial charge is 0.377 e. The third-order valence-corrected chi connectivity index (χ3v) is 6.17. The summed E-state index contributed by atoms with van der Waals surface area (Å²) in [5, 5.41) is 0. The van der Waals surface area contributed by atoms with Crippen molar-refractivity contribution in [3.63, 3.8) is 0 Å². The van der Waals surface area contributed by atoms with Gasteiger partial charge in [0.25, 0.3) is 0 Å². The van der Waals surface area contributed by atoms with E-state index in [-0.39, 0.29) is 0 Å². The summed E-state index contributed by atoms with van der Waals surface area (Å²) in [7, 11) is 1.01. The summed E-state index contributed by atoms with van der Waals surface area (Å²) in [6.07, 6.45) is 14.4. The van der Waals surface area contributed by atoms with Crippen LogP contribution in [-0.2, 0) is 13.3 Å². The van der Waals surface area contributed by atoms with Crippen LogP contribution in [-0.4, -0.2) is 36.2 Å². The van der Waals surface area contributed by atoms with Crippen molar-refractivity contribution in [2.45, 2.75) is 77.2 Å². The van der Waals surface area contributed by atoms with Crippen LogP contribution in [0.3, 0.4) is 0 Å². The van der Waals surface area contributed by atoms with Gasteiger partial charge in [-0.25, -0.2) is 0 Å². The van der Waals surface area contributed by atoms with E-state index in [0.29, 0.717) is 0 Å². The number of unbranched alkanes of at least 4 members (excludes halogenated alkanes) is 10. The number of rotatable bonds is 16. The molecule has 0 amide bonds. The molecule has 0 saturated carbocycles. The molecule has 4 nitrogen and oxygen atoms in total. The summed E-state index contributed by atoms with van der Waals surface area (Å²) in [5.74, 6) is 0. The van der Waals surface area contributed by atoms with Crippen LogP contribution < -0.4 is 5.73 Å².